The maximum absolute atomic E-state index is 12.7. The summed E-state index contributed by atoms with van der Waals surface area (Å²) in [6, 6.07) is 6.01. The van der Waals surface area contributed by atoms with E-state index in [0.29, 0.717) is 5.92 Å². The van der Waals surface area contributed by atoms with Crippen LogP contribution in [0.4, 0.5) is 4.39 Å². The van der Waals surface area contributed by atoms with Crippen molar-refractivity contribution >= 4 is 12.1 Å². The zero-order chi connectivity index (χ0) is 14.2. The lowest BCUT2D eigenvalue weighted by Crippen LogP contribution is -2.22. The monoisotopic (exact) mass is 274 g/mol. The van der Waals surface area contributed by atoms with Gasteiger partial charge >= 0.3 is 0 Å². The molecule has 1 amide bonds. The maximum Gasteiger partial charge on any atom is 0.244 e. The number of carbonyl (C=O) groups is 1. The quantitative estimate of drug-likeness (QED) is 0.668. The summed E-state index contributed by atoms with van der Waals surface area (Å²) in [5.74, 6) is 0.409. The van der Waals surface area contributed by atoms with Crippen LogP contribution in [0.3, 0.4) is 0 Å². The molecular formula is C16H19FN2O. The highest BCUT2D eigenvalue weighted by Crippen LogP contribution is 2.66. The Morgan fingerprint density at radius 1 is 1.40 bits per heavy atom. The number of hydrazone groups is 1. The van der Waals surface area contributed by atoms with Crippen LogP contribution in [0.5, 0.6) is 0 Å². The zero-order valence-corrected chi connectivity index (χ0v) is 11.6. The van der Waals surface area contributed by atoms with Gasteiger partial charge in [0.1, 0.15) is 5.82 Å². The van der Waals surface area contributed by atoms with Crippen LogP contribution >= 0.6 is 0 Å². The Hall–Kier alpha value is -1.71. The molecule has 0 aromatic heterocycles. The predicted molar refractivity (Wildman–Crippen MR) is 75.7 cm³/mol. The summed E-state index contributed by atoms with van der Waals surface area (Å²) in [6.07, 6.45) is 6.33. The van der Waals surface area contributed by atoms with Crippen molar-refractivity contribution in [3.63, 3.8) is 0 Å². The summed E-state index contributed by atoms with van der Waals surface area (Å²) in [6.45, 7) is 2.21. The van der Waals surface area contributed by atoms with Gasteiger partial charge in [-0.25, -0.2) is 9.82 Å². The second-order valence-electron chi connectivity index (χ2n) is 6.12. The Bertz CT molecular complexity index is 540. The van der Waals surface area contributed by atoms with Gasteiger partial charge in [0.25, 0.3) is 0 Å². The standard InChI is InChI=1S/C16H19FN2O/c1-16-9-3-2-4-13(16)14(16)15(20)19-18-10-11-5-7-12(17)8-6-11/h5-8,10,13-14H,2-4,9H2,1H3,(H,19,20)/b18-10+/t13-,14+,16-/m0/s1. The topological polar surface area (TPSA) is 41.5 Å². The summed E-state index contributed by atoms with van der Waals surface area (Å²) in [5, 5.41) is 3.97. The Morgan fingerprint density at radius 3 is 2.80 bits per heavy atom. The summed E-state index contributed by atoms with van der Waals surface area (Å²) >= 11 is 0. The van der Waals surface area contributed by atoms with Gasteiger partial charge in [0, 0.05) is 5.92 Å². The van der Waals surface area contributed by atoms with Crippen LogP contribution < -0.4 is 5.43 Å². The average molecular weight is 274 g/mol. The zero-order valence-electron chi connectivity index (χ0n) is 11.6. The molecule has 106 valence electrons. The molecule has 20 heavy (non-hydrogen) atoms. The molecule has 1 N–H and O–H groups in total. The van der Waals surface area contributed by atoms with Crippen molar-refractivity contribution in [2.75, 3.05) is 0 Å². The molecule has 0 radical (unpaired) electrons. The first kappa shape index (κ1) is 13.3. The van der Waals surface area contributed by atoms with Crippen molar-refractivity contribution in [1.82, 2.24) is 5.43 Å². The highest BCUT2D eigenvalue weighted by molar-refractivity contribution is 5.85. The summed E-state index contributed by atoms with van der Waals surface area (Å²) in [4.78, 5) is 12.1. The molecule has 0 saturated heterocycles. The molecule has 1 aromatic rings. The molecule has 3 atom stereocenters. The summed E-state index contributed by atoms with van der Waals surface area (Å²) in [7, 11) is 0. The Kier molecular flexibility index (Phi) is 3.32. The number of hydrogen-bond acceptors (Lipinski definition) is 2. The first-order valence-electron chi connectivity index (χ1n) is 7.20. The smallest absolute Gasteiger partial charge is 0.244 e. The van der Waals surface area contributed by atoms with Crippen LogP contribution in [-0.2, 0) is 4.79 Å². The van der Waals surface area contributed by atoms with Crippen molar-refractivity contribution in [3.05, 3.63) is 35.6 Å². The van der Waals surface area contributed by atoms with Gasteiger partial charge in [0.05, 0.1) is 6.21 Å². The van der Waals surface area contributed by atoms with Crippen LogP contribution in [0.2, 0.25) is 0 Å². The lowest BCUT2D eigenvalue weighted by molar-refractivity contribution is -0.123. The van der Waals surface area contributed by atoms with Gasteiger partial charge in [0.15, 0.2) is 0 Å². The molecule has 0 aliphatic heterocycles. The van der Waals surface area contributed by atoms with E-state index in [-0.39, 0.29) is 23.1 Å². The van der Waals surface area contributed by atoms with Crippen LogP contribution in [0, 0.1) is 23.1 Å². The Morgan fingerprint density at radius 2 is 2.15 bits per heavy atom. The van der Waals surface area contributed by atoms with E-state index in [4.69, 9.17) is 0 Å². The molecule has 0 unspecified atom stereocenters. The summed E-state index contributed by atoms with van der Waals surface area (Å²) in [5.41, 5.74) is 3.60. The summed E-state index contributed by atoms with van der Waals surface area (Å²) < 4.78 is 12.7. The SMILES string of the molecule is C[C@]12CCCC[C@H]1[C@@H]2C(=O)N/N=C/c1ccc(F)cc1. The van der Waals surface area contributed by atoms with E-state index in [0.717, 1.165) is 18.4 Å². The van der Waals surface area contributed by atoms with Crippen LogP contribution in [0.15, 0.2) is 29.4 Å². The Balaban J connectivity index is 1.56. The third-order valence-corrected chi connectivity index (χ3v) is 4.87. The maximum atomic E-state index is 12.7. The van der Waals surface area contributed by atoms with Crippen molar-refractivity contribution in [2.45, 2.75) is 32.6 Å². The lowest BCUT2D eigenvalue weighted by atomic mass is 9.90. The predicted octanol–water partition coefficient (Wildman–Crippen LogP) is 3.10. The molecular weight excluding hydrogens is 255 g/mol. The second-order valence-corrected chi connectivity index (χ2v) is 6.12. The first-order valence-corrected chi connectivity index (χ1v) is 7.20. The third-order valence-electron chi connectivity index (χ3n) is 4.87. The van der Waals surface area contributed by atoms with Gasteiger partial charge in [-0.1, -0.05) is 31.9 Å². The minimum absolute atomic E-state index is 0.0257. The van der Waals surface area contributed by atoms with Crippen molar-refractivity contribution in [3.8, 4) is 0 Å². The molecule has 0 heterocycles. The number of fused-ring (bicyclic) bond motifs is 1. The highest BCUT2D eigenvalue weighted by Gasteiger charge is 2.64. The fraction of sp³-hybridized carbons (Fsp3) is 0.500. The lowest BCUT2D eigenvalue weighted by Gasteiger charge is -2.15. The van der Waals surface area contributed by atoms with Crippen molar-refractivity contribution in [2.24, 2.45) is 22.4 Å². The van der Waals surface area contributed by atoms with E-state index in [2.05, 4.69) is 17.5 Å². The molecule has 0 spiro atoms. The van der Waals surface area contributed by atoms with Gasteiger partial charge in [-0.3, -0.25) is 4.79 Å². The highest BCUT2D eigenvalue weighted by atomic mass is 19.1. The third kappa shape index (κ3) is 2.35. The van der Waals surface area contributed by atoms with Crippen molar-refractivity contribution in [1.29, 1.82) is 0 Å². The van der Waals surface area contributed by atoms with Gasteiger partial charge in [-0.15, -0.1) is 0 Å². The number of rotatable bonds is 3. The molecule has 2 aliphatic rings. The molecule has 3 nitrogen and oxygen atoms in total. The molecule has 0 bridgehead atoms. The largest absolute Gasteiger partial charge is 0.273 e. The number of benzene rings is 1. The number of hydrogen-bond donors (Lipinski definition) is 1. The fourth-order valence-electron chi connectivity index (χ4n) is 3.64. The molecule has 2 aliphatic carbocycles. The molecule has 3 rings (SSSR count). The molecule has 4 heteroatoms. The van der Waals surface area contributed by atoms with E-state index in [9.17, 15) is 9.18 Å². The minimum atomic E-state index is -0.277. The van der Waals surface area contributed by atoms with E-state index in [1.54, 1.807) is 18.3 Å². The van der Waals surface area contributed by atoms with Gasteiger partial charge in [-0.05, 0) is 41.9 Å². The number of nitrogens with one attached hydrogen (secondary N) is 1. The normalized spacial score (nSPS) is 31.9. The van der Waals surface area contributed by atoms with Gasteiger partial charge in [0.2, 0.25) is 5.91 Å². The molecule has 2 saturated carbocycles. The van der Waals surface area contributed by atoms with Crippen molar-refractivity contribution < 1.29 is 9.18 Å². The van der Waals surface area contributed by atoms with Crippen LogP contribution in [0.25, 0.3) is 0 Å². The van der Waals surface area contributed by atoms with E-state index >= 15 is 0 Å². The van der Waals surface area contributed by atoms with Gasteiger partial charge < -0.3 is 0 Å². The van der Waals surface area contributed by atoms with Gasteiger partial charge in [-0.2, -0.15) is 5.10 Å². The van der Waals surface area contributed by atoms with Crippen LogP contribution in [-0.4, -0.2) is 12.1 Å². The average Bonchev–Trinajstić information content (AvgIpc) is 3.06. The molecule has 1 aromatic carbocycles. The van der Waals surface area contributed by atoms with Crippen LogP contribution in [0.1, 0.15) is 38.2 Å². The Labute approximate surface area is 118 Å². The number of halogens is 1. The first-order chi connectivity index (χ1) is 9.61. The minimum Gasteiger partial charge on any atom is -0.273 e. The van der Waals surface area contributed by atoms with E-state index in [1.165, 1.54) is 25.0 Å². The number of carbonyl (C=O) groups excluding carboxylic acids is 1. The van der Waals surface area contributed by atoms with E-state index < -0.39 is 0 Å². The second kappa shape index (κ2) is 5.00. The molecule has 2 fully saturated rings. The number of amides is 1. The number of nitrogens with zero attached hydrogens (tertiary/aromatic N) is 1. The van der Waals surface area contributed by atoms with E-state index in [1.807, 2.05) is 0 Å². The fourth-order valence-corrected chi connectivity index (χ4v) is 3.64.